The summed E-state index contributed by atoms with van der Waals surface area (Å²) in [5.41, 5.74) is 5.52. The third-order valence-electron chi connectivity index (χ3n) is 8.12. The molecule has 48 heavy (non-hydrogen) atoms. The first kappa shape index (κ1) is 44.5. The zero-order valence-corrected chi connectivity index (χ0v) is 28.6. The molecule has 8 N–H and O–H groups in total. The molecule has 14 heteroatoms. The molecule has 0 aliphatic rings. The second-order valence-electron chi connectivity index (χ2n) is 12.4. The quantitative estimate of drug-likeness (QED) is 0.0387. The number of aldehydes is 1. The van der Waals surface area contributed by atoms with Crippen LogP contribution >= 0.6 is 0 Å². The fraction of sp³-hybridized carbons (Fsp3) is 0.794. The number of nitrogens with two attached hydrogens (primary N) is 1. The Morgan fingerprint density at radius 3 is 1.40 bits per heavy atom. The molecule has 0 bridgehead atoms. The van der Waals surface area contributed by atoms with Crippen LogP contribution in [0.3, 0.4) is 0 Å². The Labute approximate surface area is 284 Å². The van der Waals surface area contributed by atoms with E-state index in [1.807, 2.05) is 0 Å². The molecule has 3 amide bonds. The molecule has 0 aliphatic carbocycles. The van der Waals surface area contributed by atoms with Crippen molar-refractivity contribution in [3.8, 4) is 0 Å². The van der Waals surface area contributed by atoms with Gasteiger partial charge in [0.1, 0.15) is 24.4 Å². The van der Waals surface area contributed by atoms with Crippen LogP contribution in [0.25, 0.3) is 0 Å². The largest absolute Gasteiger partial charge is 0.481 e. The summed E-state index contributed by atoms with van der Waals surface area (Å²) in [5.74, 6) is -5.05. The fourth-order valence-electron chi connectivity index (χ4n) is 5.27. The lowest BCUT2D eigenvalue weighted by atomic mass is 10.0. The third-order valence-corrected chi connectivity index (χ3v) is 8.12. The van der Waals surface area contributed by atoms with Gasteiger partial charge in [0.15, 0.2) is 0 Å². The van der Waals surface area contributed by atoms with E-state index in [-0.39, 0.29) is 44.9 Å². The van der Waals surface area contributed by atoms with Crippen LogP contribution in [0, 0.1) is 0 Å². The Balaban J connectivity index is 4.32. The Morgan fingerprint density at radius 1 is 0.500 bits per heavy atom. The van der Waals surface area contributed by atoms with Crippen LogP contribution in [-0.2, 0) is 33.6 Å². The van der Waals surface area contributed by atoms with E-state index in [9.17, 15) is 43.8 Å². The maximum atomic E-state index is 12.8. The summed E-state index contributed by atoms with van der Waals surface area (Å²) >= 11 is 0. The van der Waals surface area contributed by atoms with E-state index in [4.69, 9.17) is 10.8 Å². The summed E-state index contributed by atoms with van der Waals surface area (Å²) in [4.78, 5) is 82.1. The van der Waals surface area contributed by atoms with Gasteiger partial charge in [-0.25, -0.2) is 9.59 Å². The topological polar surface area (TPSA) is 242 Å². The van der Waals surface area contributed by atoms with Gasteiger partial charge in [0.25, 0.3) is 0 Å². The molecule has 276 valence electrons. The number of nitrogens with one attached hydrogen (secondary N) is 3. The molecule has 0 aromatic rings. The molecule has 0 rings (SSSR count). The van der Waals surface area contributed by atoms with Gasteiger partial charge in [-0.1, -0.05) is 77.0 Å². The molecule has 0 saturated heterocycles. The maximum Gasteiger partial charge on any atom is 0.326 e. The highest BCUT2D eigenvalue weighted by atomic mass is 16.4. The van der Waals surface area contributed by atoms with Gasteiger partial charge in [0.05, 0.1) is 0 Å². The minimum absolute atomic E-state index is 0.0624. The molecule has 0 heterocycles. The Kier molecular flexibility index (Phi) is 27.4. The summed E-state index contributed by atoms with van der Waals surface area (Å²) in [6, 6.07) is -3.64. The van der Waals surface area contributed by atoms with Crippen LogP contribution in [-0.4, -0.2) is 81.9 Å². The van der Waals surface area contributed by atoms with Gasteiger partial charge < -0.3 is 41.8 Å². The second kappa shape index (κ2) is 29.6. The standard InChI is InChI=1S/C34H60N4O10/c35-24-16-15-18-26(32(44)38-27(33(45)46)19-17-25-39)36-30(41)23-22-28(34(47)48)37-29(40)20-13-11-9-7-5-3-1-2-4-6-8-10-12-14-21-31(42)43/h25-28H,1-24,35H2,(H,36,41)(H,37,40)(H,38,44)(H,42,43)(H,45,46)(H,47,48). The number of carboxylic acid groups (broad SMARTS) is 3. The van der Waals surface area contributed by atoms with E-state index >= 15 is 0 Å². The van der Waals surface area contributed by atoms with Crippen LogP contribution in [0.15, 0.2) is 0 Å². The average Bonchev–Trinajstić information content (AvgIpc) is 3.03. The van der Waals surface area contributed by atoms with E-state index in [1.165, 1.54) is 32.1 Å². The third kappa shape index (κ3) is 25.5. The molecule has 3 unspecified atom stereocenters. The van der Waals surface area contributed by atoms with Crippen molar-refractivity contribution in [1.82, 2.24) is 16.0 Å². The van der Waals surface area contributed by atoms with E-state index in [0.29, 0.717) is 32.1 Å². The number of aliphatic carboxylic acids is 3. The van der Waals surface area contributed by atoms with E-state index in [1.54, 1.807) is 0 Å². The van der Waals surface area contributed by atoms with Gasteiger partial charge in [-0.2, -0.15) is 0 Å². The second-order valence-corrected chi connectivity index (χ2v) is 12.4. The number of carboxylic acids is 3. The minimum Gasteiger partial charge on any atom is -0.481 e. The molecule has 0 fully saturated rings. The maximum absolute atomic E-state index is 12.8. The zero-order chi connectivity index (χ0) is 36.0. The van der Waals surface area contributed by atoms with Gasteiger partial charge in [0.2, 0.25) is 17.7 Å². The summed E-state index contributed by atoms with van der Waals surface area (Å²) in [5, 5.41) is 34.9. The Bertz CT molecular complexity index is 962. The zero-order valence-electron chi connectivity index (χ0n) is 28.6. The predicted octanol–water partition coefficient (Wildman–Crippen LogP) is 3.82. The highest BCUT2D eigenvalue weighted by molar-refractivity contribution is 5.90. The van der Waals surface area contributed by atoms with Crippen molar-refractivity contribution >= 4 is 41.9 Å². The lowest BCUT2D eigenvalue weighted by molar-refractivity contribution is -0.142. The minimum atomic E-state index is -1.31. The molecule has 3 atom stereocenters. The summed E-state index contributed by atoms with van der Waals surface area (Å²) < 4.78 is 0. The molecule has 0 aromatic heterocycles. The number of carbonyl (C=O) groups excluding carboxylic acids is 4. The number of amides is 3. The van der Waals surface area contributed by atoms with Gasteiger partial charge in [-0.05, 0) is 51.5 Å². The first-order valence-electron chi connectivity index (χ1n) is 17.7. The lowest BCUT2D eigenvalue weighted by Gasteiger charge is -2.22. The van der Waals surface area contributed by atoms with Crippen molar-refractivity contribution in [3.63, 3.8) is 0 Å². The molecule has 0 spiro atoms. The predicted molar refractivity (Wildman–Crippen MR) is 180 cm³/mol. The summed E-state index contributed by atoms with van der Waals surface area (Å²) in [6.07, 6.45) is 16.3. The monoisotopic (exact) mass is 684 g/mol. The Morgan fingerprint density at radius 2 is 0.938 bits per heavy atom. The first-order valence-corrected chi connectivity index (χ1v) is 17.7. The molecule has 0 aliphatic heterocycles. The van der Waals surface area contributed by atoms with Crippen molar-refractivity contribution in [1.29, 1.82) is 0 Å². The molecule has 14 nitrogen and oxygen atoms in total. The number of hydrogen-bond acceptors (Lipinski definition) is 8. The molecule has 0 aromatic carbocycles. The fourth-order valence-corrected chi connectivity index (χ4v) is 5.27. The normalized spacial score (nSPS) is 12.8. The van der Waals surface area contributed by atoms with Crippen LogP contribution in [0.5, 0.6) is 0 Å². The lowest BCUT2D eigenvalue weighted by Crippen LogP contribution is -2.51. The van der Waals surface area contributed by atoms with Crippen molar-refractivity contribution in [2.45, 2.75) is 166 Å². The van der Waals surface area contributed by atoms with E-state index < -0.39 is 53.8 Å². The van der Waals surface area contributed by atoms with Crippen LogP contribution in [0.2, 0.25) is 0 Å². The van der Waals surface area contributed by atoms with Gasteiger partial charge >= 0.3 is 17.9 Å². The van der Waals surface area contributed by atoms with Crippen molar-refractivity contribution in [2.75, 3.05) is 6.54 Å². The van der Waals surface area contributed by atoms with Crippen molar-refractivity contribution < 1.29 is 48.9 Å². The molecule has 0 saturated carbocycles. The van der Waals surface area contributed by atoms with Crippen LogP contribution in [0.4, 0.5) is 0 Å². The Hall–Kier alpha value is -3.55. The van der Waals surface area contributed by atoms with E-state index in [0.717, 1.165) is 51.4 Å². The van der Waals surface area contributed by atoms with Gasteiger partial charge in [0, 0.05) is 25.7 Å². The molecule has 0 radical (unpaired) electrons. The average molecular weight is 685 g/mol. The first-order chi connectivity index (χ1) is 23.0. The van der Waals surface area contributed by atoms with Crippen LogP contribution < -0.4 is 21.7 Å². The smallest absolute Gasteiger partial charge is 0.326 e. The number of carbonyl (C=O) groups is 7. The van der Waals surface area contributed by atoms with Crippen molar-refractivity contribution in [3.05, 3.63) is 0 Å². The van der Waals surface area contributed by atoms with Crippen LogP contribution in [0.1, 0.15) is 148 Å². The van der Waals surface area contributed by atoms with Gasteiger partial charge in [-0.3, -0.25) is 19.2 Å². The molecular weight excluding hydrogens is 624 g/mol. The number of rotatable bonds is 33. The summed E-state index contributed by atoms with van der Waals surface area (Å²) in [6.45, 7) is 0.363. The molecular formula is C34H60N4O10. The van der Waals surface area contributed by atoms with Gasteiger partial charge in [-0.15, -0.1) is 0 Å². The van der Waals surface area contributed by atoms with Crippen molar-refractivity contribution in [2.24, 2.45) is 5.73 Å². The number of unbranched alkanes of at least 4 members (excludes halogenated alkanes) is 14. The van der Waals surface area contributed by atoms with E-state index in [2.05, 4.69) is 16.0 Å². The highest BCUT2D eigenvalue weighted by Gasteiger charge is 2.27. The number of hydrogen-bond donors (Lipinski definition) is 7. The summed E-state index contributed by atoms with van der Waals surface area (Å²) in [7, 11) is 0. The SMILES string of the molecule is NCCCCC(NC(=O)CCC(NC(=O)CCCCCCCCCCCCCCCCC(=O)O)C(=O)O)C(=O)NC(CCC=O)C(=O)O. The highest BCUT2D eigenvalue weighted by Crippen LogP contribution is 2.14.